The zero-order valence-electron chi connectivity index (χ0n) is 12.5. The molecule has 4 heteroatoms. The van der Waals surface area contributed by atoms with Crippen LogP contribution >= 0.6 is 0 Å². The number of carbonyl (C=O) groups is 1. The molecule has 0 aromatic carbocycles. The van der Waals surface area contributed by atoms with Gasteiger partial charge in [-0.25, -0.2) is 0 Å². The number of hydrogen-bond acceptors (Lipinski definition) is 3. The van der Waals surface area contributed by atoms with Gasteiger partial charge < -0.3 is 15.5 Å². The predicted octanol–water partition coefficient (Wildman–Crippen LogP) is 1.22. The number of nitrogens with one attached hydrogen (secondary N) is 2. The number of piperidine rings is 1. The Hall–Kier alpha value is -0.610. The van der Waals surface area contributed by atoms with Gasteiger partial charge in [-0.1, -0.05) is 13.8 Å². The van der Waals surface area contributed by atoms with Gasteiger partial charge in [0.1, 0.15) is 0 Å². The van der Waals surface area contributed by atoms with Crippen molar-refractivity contribution < 1.29 is 4.79 Å². The second-order valence-corrected chi connectivity index (χ2v) is 6.30. The molecule has 106 valence electrons. The van der Waals surface area contributed by atoms with E-state index in [1.807, 2.05) is 21.0 Å². The molecule has 2 atom stereocenters. The lowest BCUT2D eigenvalue weighted by molar-refractivity contribution is -0.129. The molecule has 1 saturated heterocycles. The topological polar surface area (TPSA) is 44.4 Å². The lowest BCUT2D eigenvalue weighted by atomic mass is 9.89. The van der Waals surface area contributed by atoms with Crippen LogP contribution in [-0.4, -0.2) is 49.6 Å². The molecule has 18 heavy (non-hydrogen) atoms. The van der Waals surface area contributed by atoms with Crippen molar-refractivity contribution in [2.24, 2.45) is 5.92 Å². The van der Waals surface area contributed by atoms with Gasteiger partial charge in [0.15, 0.2) is 0 Å². The summed E-state index contributed by atoms with van der Waals surface area (Å²) in [5.74, 6) is 0.603. The summed E-state index contributed by atoms with van der Waals surface area (Å²) in [6.45, 7) is 8.17. The number of carbonyl (C=O) groups excluding carboxylic acids is 1. The van der Waals surface area contributed by atoms with Crippen LogP contribution in [0.1, 0.15) is 40.0 Å². The van der Waals surface area contributed by atoms with E-state index in [0.29, 0.717) is 5.92 Å². The fraction of sp³-hybridized carbons (Fsp3) is 0.929. The average molecular weight is 255 g/mol. The molecule has 1 rings (SSSR count). The largest absolute Gasteiger partial charge is 0.350 e. The maximum absolute atomic E-state index is 12.4. The lowest BCUT2D eigenvalue weighted by Gasteiger charge is -2.36. The molecular formula is C14H29N3O. The molecule has 0 saturated carbocycles. The van der Waals surface area contributed by atoms with Gasteiger partial charge in [0.2, 0.25) is 5.91 Å². The molecule has 4 nitrogen and oxygen atoms in total. The Morgan fingerprint density at radius 3 is 2.50 bits per heavy atom. The highest BCUT2D eigenvalue weighted by molar-refractivity contribution is 5.86. The Kier molecular flexibility index (Phi) is 5.60. The van der Waals surface area contributed by atoms with Gasteiger partial charge in [-0.2, -0.15) is 0 Å². The van der Waals surface area contributed by atoms with Crippen molar-refractivity contribution in [2.75, 3.05) is 27.2 Å². The highest BCUT2D eigenvalue weighted by Crippen LogP contribution is 2.19. The molecule has 1 amide bonds. The average Bonchev–Trinajstić information content (AvgIpc) is 2.28. The van der Waals surface area contributed by atoms with Crippen molar-refractivity contribution in [3.05, 3.63) is 0 Å². The van der Waals surface area contributed by atoms with Crippen molar-refractivity contribution in [1.29, 1.82) is 0 Å². The van der Waals surface area contributed by atoms with Crippen LogP contribution in [0.25, 0.3) is 0 Å². The molecule has 0 radical (unpaired) electrons. The SMILES string of the molecule is CC(C)C(CN(C)C)NC(=O)C1(C)CCCCN1. The first-order valence-electron chi connectivity index (χ1n) is 7.06. The summed E-state index contributed by atoms with van der Waals surface area (Å²) in [5, 5.41) is 6.58. The van der Waals surface area contributed by atoms with Gasteiger partial charge in [-0.3, -0.25) is 4.79 Å². The van der Waals surface area contributed by atoms with Gasteiger partial charge in [-0.05, 0) is 52.7 Å². The summed E-state index contributed by atoms with van der Waals surface area (Å²) >= 11 is 0. The first-order chi connectivity index (χ1) is 8.35. The van der Waals surface area contributed by atoms with E-state index in [-0.39, 0.29) is 17.5 Å². The summed E-state index contributed by atoms with van der Waals surface area (Å²) in [5.41, 5.74) is -0.377. The van der Waals surface area contributed by atoms with Gasteiger partial charge in [0.25, 0.3) is 0 Å². The molecule has 1 aliphatic rings. The van der Waals surface area contributed by atoms with Crippen LogP contribution < -0.4 is 10.6 Å². The summed E-state index contributed by atoms with van der Waals surface area (Å²) in [4.78, 5) is 14.6. The van der Waals surface area contributed by atoms with Crippen LogP contribution in [0.15, 0.2) is 0 Å². The second-order valence-electron chi connectivity index (χ2n) is 6.30. The molecule has 1 fully saturated rings. The third-order valence-electron chi connectivity index (χ3n) is 3.80. The normalized spacial score (nSPS) is 26.4. The minimum absolute atomic E-state index is 0.155. The monoisotopic (exact) mass is 255 g/mol. The van der Waals surface area contributed by atoms with Crippen LogP contribution in [0.3, 0.4) is 0 Å². The van der Waals surface area contributed by atoms with Gasteiger partial charge >= 0.3 is 0 Å². The van der Waals surface area contributed by atoms with Crippen molar-refractivity contribution in [2.45, 2.75) is 51.6 Å². The Balaban J connectivity index is 2.59. The number of rotatable bonds is 5. The molecular weight excluding hydrogens is 226 g/mol. The van der Waals surface area contributed by atoms with E-state index in [2.05, 4.69) is 29.4 Å². The molecule has 0 bridgehead atoms. The third-order valence-corrected chi connectivity index (χ3v) is 3.80. The lowest BCUT2D eigenvalue weighted by Crippen LogP contribution is -2.60. The molecule has 1 aliphatic heterocycles. The van der Waals surface area contributed by atoms with Crippen LogP contribution in [0, 0.1) is 5.92 Å². The Bertz CT molecular complexity index is 270. The van der Waals surface area contributed by atoms with Gasteiger partial charge in [0.05, 0.1) is 5.54 Å². The number of nitrogens with zero attached hydrogens (tertiary/aromatic N) is 1. The Morgan fingerprint density at radius 1 is 1.39 bits per heavy atom. The first kappa shape index (κ1) is 15.4. The second kappa shape index (κ2) is 6.53. The van der Waals surface area contributed by atoms with E-state index in [0.717, 1.165) is 25.9 Å². The minimum atomic E-state index is -0.377. The quantitative estimate of drug-likeness (QED) is 0.776. The van der Waals surface area contributed by atoms with E-state index in [1.54, 1.807) is 0 Å². The van der Waals surface area contributed by atoms with E-state index in [9.17, 15) is 4.79 Å². The van der Waals surface area contributed by atoms with Crippen LogP contribution in [-0.2, 0) is 4.79 Å². The van der Waals surface area contributed by atoms with E-state index < -0.39 is 0 Å². The fourth-order valence-electron chi connectivity index (χ4n) is 2.39. The summed E-state index contributed by atoms with van der Waals surface area (Å²) in [6.07, 6.45) is 3.25. The molecule has 0 aliphatic carbocycles. The molecule has 2 unspecified atom stereocenters. The summed E-state index contributed by atoms with van der Waals surface area (Å²) in [6, 6.07) is 0.216. The van der Waals surface area contributed by atoms with Crippen LogP contribution in [0.5, 0.6) is 0 Å². The minimum Gasteiger partial charge on any atom is -0.350 e. The van der Waals surface area contributed by atoms with Crippen molar-refractivity contribution in [1.82, 2.24) is 15.5 Å². The molecule has 0 aromatic heterocycles. The summed E-state index contributed by atoms with van der Waals surface area (Å²) < 4.78 is 0. The van der Waals surface area contributed by atoms with Crippen molar-refractivity contribution >= 4 is 5.91 Å². The van der Waals surface area contributed by atoms with E-state index in [4.69, 9.17) is 0 Å². The maximum atomic E-state index is 12.4. The first-order valence-corrected chi connectivity index (χ1v) is 7.06. The summed E-state index contributed by atoms with van der Waals surface area (Å²) in [7, 11) is 4.09. The molecule has 0 spiro atoms. The molecule has 2 N–H and O–H groups in total. The Morgan fingerprint density at radius 2 is 2.06 bits per heavy atom. The third kappa shape index (κ3) is 4.25. The van der Waals surface area contributed by atoms with Crippen LogP contribution in [0.4, 0.5) is 0 Å². The van der Waals surface area contributed by atoms with Crippen molar-refractivity contribution in [3.63, 3.8) is 0 Å². The highest BCUT2D eigenvalue weighted by Gasteiger charge is 2.35. The molecule has 1 heterocycles. The number of likely N-dealkylation sites (N-methyl/N-ethyl adjacent to an activating group) is 1. The Labute approximate surface area is 111 Å². The van der Waals surface area contributed by atoms with Crippen molar-refractivity contribution in [3.8, 4) is 0 Å². The predicted molar refractivity (Wildman–Crippen MR) is 75.6 cm³/mol. The molecule has 0 aromatic rings. The van der Waals surface area contributed by atoms with Gasteiger partial charge in [0, 0.05) is 12.6 Å². The number of amides is 1. The van der Waals surface area contributed by atoms with E-state index >= 15 is 0 Å². The maximum Gasteiger partial charge on any atom is 0.240 e. The van der Waals surface area contributed by atoms with Crippen LogP contribution in [0.2, 0.25) is 0 Å². The zero-order chi connectivity index (χ0) is 13.8. The van der Waals surface area contributed by atoms with E-state index in [1.165, 1.54) is 6.42 Å². The standard InChI is InChI=1S/C14H29N3O/c1-11(2)12(10-17(4)5)16-13(18)14(3)8-6-7-9-15-14/h11-12,15H,6-10H2,1-5H3,(H,16,18). The smallest absolute Gasteiger partial charge is 0.240 e. The number of hydrogen-bond donors (Lipinski definition) is 2. The van der Waals surface area contributed by atoms with Gasteiger partial charge in [-0.15, -0.1) is 0 Å². The fourth-order valence-corrected chi connectivity index (χ4v) is 2.39. The zero-order valence-corrected chi connectivity index (χ0v) is 12.5. The highest BCUT2D eigenvalue weighted by atomic mass is 16.2.